The lowest BCUT2D eigenvalue weighted by Crippen LogP contribution is -2.27. The van der Waals surface area contributed by atoms with Crippen LogP contribution in [0.4, 0.5) is 5.69 Å². The zero-order valence-corrected chi connectivity index (χ0v) is 20.5. The van der Waals surface area contributed by atoms with E-state index in [0.29, 0.717) is 24.0 Å². The van der Waals surface area contributed by atoms with Crippen molar-refractivity contribution in [2.75, 3.05) is 37.6 Å². The van der Waals surface area contributed by atoms with Gasteiger partial charge in [-0.1, -0.05) is 30.0 Å². The molecule has 8 nitrogen and oxygen atoms in total. The zero-order valence-electron chi connectivity index (χ0n) is 17.3. The third kappa shape index (κ3) is 5.38. The molecular weight excluding hydrogens is 493 g/mol. The lowest BCUT2D eigenvalue weighted by molar-refractivity contribution is 0.292. The number of hydrogen-bond donors (Lipinski definition) is 3. The molecular formula is C20H25Cl2N5O3S2. The van der Waals surface area contributed by atoms with Crippen molar-refractivity contribution in [3.8, 4) is 0 Å². The number of aliphatic imine (C=N–C) groups is 1. The van der Waals surface area contributed by atoms with Crippen LogP contribution >= 0.6 is 36.6 Å². The Bertz CT molecular complexity index is 1170. The summed E-state index contributed by atoms with van der Waals surface area (Å²) in [4.78, 5) is 12.0. The number of aromatic amines is 1. The van der Waals surface area contributed by atoms with Crippen LogP contribution < -0.4 is 9.62 Å². The number of rotatable bonds is 8. The molecule has 0 aliphatic carbocycles. The Labute approximate surface area is 203 Å². The maximum atomic E-state index is 13.0. The van der Waals surface area contributed by atoms with Crippen LogP contribution in [-0.4, -0.2) is 67.1 Å². The number of sulfonamides is 1. The van der Waals surface area contributed by atoms with E-state index in [1.165, 1.54) is 23.6 Å². The SMILES string of the molecule is CN(c1cccc2cc(C3=NCC(CNCCO)S3)[nH]c12)S(=O)(=O)c1ccccn1.Cl.Cl. The summed E-state index contributed by atoms with van der Waals surface area (Å²) in [6.45, 7) is 2.16. The molecule has 3 N–H and O–H groups in total. The summed E-state index contributed by atoms with van der Waals surface area (Å²) in [6, 6.07) is 12.4. The van der Waals surface area contributed by atoms with Gasteiger partial charge < -0.3 is 15.4 Å². The van der Waals surface area contributed by atoms with Gasteiger partial charge in [0.1, 0.15) is 5.04 Å². The van der Waals surface area contributed by atoms with Crippen molar-refractivity contribution in [2.45, 2.75) is 10.3 Å². The third-order valence-corrected chi connectivity index (χ3v) is 7.75. The highest BCUT2D eigenvalue weighted by Crippen LogP contribution is 2.32. The van der Waals surface area contributed by atoms with Crippen molar-refractivity contribution in [3.05, 3.63) is 54.4 Å². The van der Waals surface area contributed by atoms with E-state index in [1.807, 2.05) is 18.2 Å². The Morgan fingerprint density at radius 2 is 2.06 bits per heavy atom. The van der Waals surface area contributed by atoms with Crippen LogP contribution in [0.5, 0.6) is 0 Å². The minimum Gasteiger partial charge on any atom is -0.395 e. The Morgan fingerprint density at radius 1 is 1.25 bits per heavy atom. The molecule has 3 heterocycles. The fraction of sp³-hybridized carbons (Fsp3) is 0.300. The second kappa shape index (κ2) is 11.4. The second-order valence-electron chi connectivity index (χ2n) is 6.88. The minimum atomic E-state index is -3.78. The molecule has 0 fully saturated rings. The van der Waals surface area contributed by atoms with Gasteiger partial charge in [-0.15, -0.1) is 24.8 Å². The number of pyridine rings is 1. The van der Waals surface area contributed by atoms with Gasteiger partial charge in [0.15, 0.2) is 5.03 Å². The second-order valence-corrected chi connectivity index (χ2v) is 10.1. The number of aliphatic hydroxyl groups excluding tert-OH is 1. The van der Waals surface area contributed by atoms with E-state index in [4.69, 9.17) is 5.11 Å². The smallest absolute Gasteiger partial charge is 0.281 e. The standard InChI is InChI=1S/C20H23N5O3S2.2ClH/c1-25(30(27,28)18-7-2-3-8-22-18)17-6-4-5-14-11-16(24-19(14)17)20-23-13-15(29-20)12-21-9-10-26;;/h2-8,11,15,21,24,26H,9-10,12-13H2,1H3;2*1H. The molecule has 0 spiro atoms. The maximum Gasteiger partial charge on any atom is 0.281 e. The number of nitrogens with one attached hydrogen (secondary N) is 2. The fourth-order valence-electron chi connectivity index (χ4n) is 3.30. The highest BCUT2D eigenvalue weighted by molar-refractivity contribution is 8.15. The number of para-hydroxylation sites is 1. The average molecular weight is 518 g/mol. The van der Waals surface area contributed by atoms with Crippen LogP contribution in [0.25, 0.3) is 10.9 Å². The highest BCUT2D eigenvalue weighted by atomic mass is 35.5. The van der Waals surface area contributed by atoms with Crippen molar-refractivity contribution in [1.29, 1.82) is 0 Å². The maximum absolute atomic E-state index is 13.0. The Balaban J connectivity index is 0.00000181. The molecule has 1 aromatic carbocycles. The summed E-state index contributed by atoms with van der Waals surface area (Å²) in [5, 5.41) is 14.2. The van der Waals surface area contributed by atoms with Crippen molar-refractivity contribution >= 4 is 68.2 Å². The van der Waals surface area contributed by atoms with Crippen molar-refractivity contribution in [2.24, 2.45) is 4.99 Å². The van der Waals surface area contributed by atoms with Gasteiger partial charge in [-0.2, -0.15) is 8.42 Å². The summed E-state index contributed by atoms with van der Waals surface area (Å²) in [6.07, 6.45) is 1.47. The first kappa shape index (κ1) is 26.4. The number of benzene rings is 1. The average Bonchev–Trinajstić information content (AvgIpc) is 3.40. The van der Waals surface area contributed by atoms with E-state index < -0.39 is 10.0 Å². The van der Waals surface area contributed by atoms with Crippen LogP contribution in [0.1, 0.15) is 5.69 Å². The number of H-pyrrole nitrogens is 1. The molecule has 12 heteroatoms. The van der Waals surface area contributed by atoms with Gasteiger partial charge in [0.25, 0.3) is 10.0 Å². The normalized spacial score (nSPS) is 15.7. The van der Waals surface area contributed by atoms with E-state index in [9.17, 15) is 8.42 Å². The molecule has 3 aromatic rings. The number of hydrogen-bond acceptors (Lipinski definition) is 7. The molecule has 0 saturated carbocycles. The van der Waals surface area contributed by atoms with Gasteiger partial charge in [-0.05, 0) is 24.3 Å². The number of nitrogens with zero attached hydrogens (tertiary/aromatic N) is 3. The largest absolute Gasteiger partial charge is 0.395 e. The van der Waals surface area contributed by atoms with Crippen LogP contribution in [0.15, 0.2) is 58.7 Å². The molecule has 0 radical (unpaired) electrons. The summed E-state index contributed by atoms with van der Waals surface area (Å²) in [7, 11) is -2.25. The van der Waals surface area contributed by atoms with Gasteiger partial charge in [-0.3, -0.25) is 9.30 Å². The predicted octanol–water partition coefficient (Wildman–Crippen LogP) is 2.68. The summed E-state index contributed by atoms with van der Waals surface area (Å²) in [5.41, 5.74) is 2.16. The zero-order chi connectivity index (χ0) is 21.1. The molecule has 4 rings (SSSR count). The van der Waals surface area contributed by atoms with Gasteiger partial charge in [-0.25, -0.2) is 4.98 Å². The molecule has 0 saturated heterocycles. The molecule has 0 bridgehead atoms. The number of aliphatic hydroxyl groups is 1. The van der Waals surface area contributed by atoms with Gasteiger partial charge in [0.2, 0.25) is 0 Å². The quantitative estimate of drug-likeness (QED) is 0.396. The number of anilines is 1. The summed E-state index contributed by atoms with van der Waals surface area (Å²) >= 11 is 1.68. The molecule has 1 unspecified atom stereocenters. The predicted molar refractivity (Wildman–Crippen MR) is 135 cm³/mol. The van der Waals surface area contributed by atoms with Crippen LogP contribution in [0.2, 0.25) is 0 Å². The molecule has 174 valence electrons. The minimum absolute atomic E-state index is 0. The molecule has 2 aromatic heterocycles. The molecule has 32 heavy (non-hydrogen) atoms. The number of aromatic nitrogens is 2. The lowest BCUT2D eigenvalue weighted by Gasteiger charge is -2.19. The van der Waals surface area contributed by atoms with E-state index in [-0.39, 0.29) is 36.4 Å². The topological polar surface area (TPSA) is 111 Å². The van der Waals surface area contributed by atoms with Crippen molar-refractivity contribution in [3.63, 3.8) is 0 Å². The number of halogens is 2. The summed E-state index contributed by atoms with van der Waals surface area (Å²) in [5.74, 6) is 0. The fourth-order valence-corrected chi connectivity index (χ4v) is 5.49. The van der Waals surface area contributed by atoms with Gasteiger partial charge in [0.05, 0.1) is 30.0 Å². The van der Waals surface area contributed by atoms with Gasteiger partial charge in [0, 0.05) is 37.0 Å². The van der Waals surface area contributed by atoms with E-state index in [0.717, 1.165) is 28.2 Å². The van der Waals surface area contributed by atoms with Crippen LogP contribution in [0.3, 0.4) is 0 Å². The molecule has 1 aliphatic heterocycles. The highest BCUT2D eigenvalue weighted by Gasteiger charge is 2.26. The Kier molecular flexibility index (Phi) is 9.38. The van der Waals surface area contributed by atoms with E-state index in [2.05, 4.69) is 20.3 Å². The first-order valence-corrected chi connectivity index (χ1v) is 11.9. The first-order chi connectivity index (χ1) is 14.5. The van der Waals surface area contributed by atoms with Gasteiger partial charge >= 0.3 is 0 Å². The summed E-state index contributed by atoms with van der Waals surface area (Å²) < 4.78 is 27.3. The van der Waals surface area contributed by atoms with Crippen molar-refractivity contribution < 1.29 is 13.5 Å². The van der Waals surface area contributed by atoms with Crippen LogP contribution in [-0.2, 0) is 10.0 Å². The monoisotopic (exact) mass is 517 g/mol. The van der Waals surface area contributed by atoms with E-state index >= 15 is 0 Å². The number of fused-ring (bicyclic) bond motifs is 1. The first-order valence-electron chi connectivity index (χ1n) is 9.55. The molecule has 0 amide bonds. The third-order valence-electron chi connectivity index (χ3n) is 4.84. The van der Waals surface area contributed by atoms with Crippen LogP contribution in [0, 0.1) is 0 Å². The Morgan fingerprint density at radius 3 is 2.78 bits per heavy atom. The lowest BCUT2D eigenvalue weighted by atomic mass is 10.2. The molecule has 1 aliphatic rings. The van der Waals surface area contributed by atoms with E-state index in [1.54, 1.807) is 30.0 Å². The Hall–Kier alpha value is -1.82. The molecule has 1 atom stereocenters. The number of thioether (sulfide) groups is 1. The van der Waals surface area contributed by atoms with Crippen molar-refractivity contribution in [1.82, 2.24) is 15.3 Å².